The lowest BCUT2D eigenvalue weighted by Crippen LogP contribution is -2.46. The van der Waals surface area contributed by atoms with Crippen molar-refractivity contribution in [2.24, 2.45) is 5.73 Å². The number of hydrogen-bond acceptors (Lipinski definition) is 4. The quantitative estimate of drug-likeness (QED) is 0.660. The monoisotopic (exact) mass is 238 g/mol. The van der Waals surface area contributed by atoms with Gasteiger partial charge in [0.25, 0.3) is 0 Å². The summed E-state index contributed by atoms with van der Waals surface area (Å²) in [6, 6.07) is 0. The highest BCUT2D eigenvalue weighted by Crippen LogP contribution is 2.09. The van der Waals surface area contributed by atoms with Gasteiger partial charge in [-0.25, -0.2) is 8.42 Å². The molecule has 1 rings (SSSR count). The summed E-state index contributed by atoms with van der Waals surface area (Å²) in [6.07, 6.45) is -0.0649. The predicted molar refractivity (Wildman–Crippen MR) is 57.6 cm³/mol. The molecule has 0 saturated carbocycles. The van der Waals surface area contributed by atoms with Crippen LogP contribution in [0.25, 0.3) is 0 Å². The first-order valence-corrected chi connectivity index (χ1v) is 6.31. The fourth-order valence-corrected chi connectivity index (χ4v) is 3.09. The maximum absolute atomic E-state index is 11.6. The molecule has 14 heavy (non-hydrogen) atoms. The molecule has 1 aliphatic heterocycles. The molecule has 0 amide bonds. The average Bonchev–Trinajstić information content (AvgIpc) is 2.01. The number of nitrogens with zero attached hydrogens (tertiary/aromatic N) is 1. The van der Waals surface area contributed by atoms with E-state index in [0.29, 0.717) is 19.7 Å². The molecular formula is C7H14N2O3S2. The van der Waals surface area contributed by atoms with Crippen molar-refractivity contribution in [2.45, 2.75) is 13.0 Å². The Morgan fingerprint density at radius 1 is 1.71 bits per heavy atom. The number of nitrogens with two attached hydrogens (primary N) is 1. The van der Waals surface area contributed by atoms with E-state index in [9.17, 15) is 8.42 Å². The number of sulfonamides is 1. The van der Waals surface area contributed by atoms with Crippen LogP contribution < -0.4 is 5.73 Å². The van der Waals surface area contributed by atoms with Gasteiger partial charge in [-0.15, -0.1) is 0 Å². The SMILES string of the molecule is CC1CN(S(=O)(=O)CC(N)=S)CCO1. The Bertz CT molecular complexity index is 315. The van der Waals surface area contributed by atoms with Gasteiger partial charge in [-0.2, -0.15) is 4.31 Å². The van der Waals surface area contributed by atoms with E-state index in [0.717, 1.165) is 0 Å². The van der Waals surface area contributed by atoms with Crippen molar-refractivity contribution in [3.8, 4) is 0 Å². The second-order valence-corrected chi connectivity index (χ2v) is 5.76. The molecule has 0 bridgehead atoms. The zero-order valence-electron chi connectivity index (χ0n) is 7.97. The van der Waals surface area contributed by atoms with Crippen molar-refractivity contribution in [2.75, 3.05) is 25.4 Å². The van der Waals surface area contributed by atoms with Gasteiger partial charge in [0.05, 0.1) is 17.7 Å². The molecular weight excluding hydrogens is 224 g/mol. The lowest BCUT2D eigenvalue weighted by Gasteiger charge is -2.30. The molecule has 7 heteroatoms. The van der Waals surface area contributed by atoms with Crippen LogP contribution in [0.4, 0.5) is 0 Å². The van der Waals surface area contributed by atoms with Gasteiger partial charge < -0.3 is 10.5 Å². The summed E-state index contributed by atoms with van der Waals surface area (Å²) < 4.78 is 29.9. The maximum Gasteiger partial charge on any atom is 0.220 e. The molecule has 0 aromatic heterocycles. The van der Waals surface area contributed by atoms with Crippen molar-refractivity contribution >= 4 is 27.2 Å². The van der Waals surface area contributed by atoms with E-state index in [1.807, 2.05) is 6.92 Å². The predicted octanol–water partition coefficient (Wildman–Crippen LogP) is -0.677. The molecule has 1 aliphatic rings. The van der Waals surface area contributed by atoms with E-state index in [1.54, 1.807) is 0 Å². The third-order valence-electron chi connectivity index (χ3n) is 1.92. The van der Waals surface area contributed by atoms with Crippen LogP contribution in [0.3, 0.4) is 0 Å². The minimum absolute atomic E-state index is 0.00384. The second-order valence-electron chi connectivity index (χ2n) is 3.26. The van der Waals surface area contributed by atoms with Crippen molar-refractivity contribution < 1.29 is 13.2 Å². The van der Waals surface area contributed by atoms with E-state index in [1.165, 1.54) is 4.31 Å². The van der Waals surface area contributed by atoms with Gasteiger partial charge in [0.2, 0.25) is 10.0 Å². The van der Waals surface area contributed by atoms with Gasteiger partial charge in [-0.3, -0.25) is 0 Å². The molecule has 0 aromatic carbocycles. The fraction of sp³-hybridized carbons (Fsp3) is 0.857. The molecule has 0 spiro atoms. The Labute approximate surface area is 89.3 Å². The summed E-state index contributed by atoms with van der Waals surface area (Å²) in [4.78, 5) is 0.00384. The number of rotatable bonds is 3. The molecule has 1 atom stereocenters. The minimum atomic E-state index is -3.33. The van der Waals surface area contributed by atoms with Gasteiger partial charge in [0.15, 0.2) is 0 Å². The highest BCUT2D eigenvalue weighted by Gasteiger charge is 2.27. The number of morpholine rings is 1. The topological polar surface area (TPSA) is 72.6 Å². The van der Waals surface area contributed by atoms with Crippen molar-refractivity contribution in [1.82, 2.24) is 4.31 Å². The van der Waals surface area contributed by atoms with E-state index < -0.39 is 10.0 Å². The molecule has 82 valence electrons. The van der Waals surface area contributed by atoms with Gasteiger partial charge in [0, 0.05) is 13.1 Å². The van der Waals surface area contributed by atoms with E-state index in [4.69, 9.17) is 10.5 Å². The van der Waals surface area contributed by atoms with Crippen LogP contribution in [0, 0.1) is 0 Å². The summed E-state index contributed by atoms with van der Waals surface area (Å²) in [6.45, 7) is 3.03. The highest BCUT2D eigenvalue weighted by molar-refractivity contribution is 7.92. The number of ether oxygens (including phenoxy) is 1. The van der Waals surface area contributed by atoms with E-state index in [-0.39, 0.29) is 16.8 Å². The first kappa shape index (κ1) is 11.8. The molecule has 1 fully saturated rings. The van der Waals surface area contributed by atoms with Crippen LogP contribution in [0.5, 0.6) is 0 Å². The van der Waals surface area contributed by atoms with Crippen LogP contribution in [-0.4, -0.2) is 49.3 Å². The Balaban J connectivity index is 2.67. The summed E-state index contributed by atoms with van der Waals surface area (Å²) in [5.74, 6) is -0.255. The van der Waals surface area contributed by atoms with Crippen molar-refractivity contribution in [3.63, 3.8) is 0 Å². The molecule has 0 radical (unpaired) electrons. The molecule has 2 N–H and O–H groups in total. The van der Waals surface area contributed by atoms with Crippen LogP contribution in [0.2, 0.25) is 0 Å². The first-order chi connectivity index (χ1) is 6.42. The minimum Gasteiger partial charge on any atom is -0.392 e. The Morgan fingerprint density at radius 2 is 2.36 bits per heavy atom. The van der Waals surface area contributed by atoms with Crippen LogP contribution in [0.1, 0.15) is 6.92 Å². The Kier molecular flexibility index (Phi) is 3.82. The van der Waals surface area contributed by atoms with Crippen LogP contribution in [-0.2, 0) is 14.8 Å². The van der Waals surface area contributed by atoms with Crippen LogP contribution >= 0.6 is 12.2 Å². The fourth-order valence-electron chi connectivity index (χ4n) is 1.31. The van der Waals surface area contributed by atoms with Gasteiger partial charge in [-0.05, 0) is 6.92 Å². The van der Waals surface area contributed by atoms with E-state index in [2.05, 4.69) is 12.2 Å². The second kappa shape index (κ2) is 4.52. The lowest BCUT2D eigenvalue weighted by atomic mass is 10.3. The van der Waals surface area contributed by atoms with Gasteiger partial charge in [-0.1, -0.05) is 12.2 Å². The molecule has 1 saturated heterocycles. The molecule has 1 heterocycles. The Morgan fingerprint density at radius 3 is 2.86 bits per heavy atom. The van der Waals surface area contributed by atoms with Crippen molar-refractivity contribution in [1.29, 1.82) is 0 Å². The molecule has 5 nitrogen and oxygen atoms in total. The lowest BCUT2D eigenvalue weighted by molar-refractivity contribution is 0.0103. The zero-order chi connectivity index (χ0) is 10.8. The summed E-state index contributed by atoms with van der Waals surface area (Å²) >= 11 is 4.58. The maximum atomic E-state index is 11.6. The summed E-state index contributed by atoms with van der Waals surface area (Å²) in [7, 11) is -3.33. The standard InChI is InChI=1S/C7H14N2O3S2/c1-6-4-9(2-3-12-6)14(10,11)5-7(8)13/h6H,2-5H2,1H3,(H2,8,13). The number of thiocarbonyl (C=S) groups is 1. The van der Waals surface area contributed by atoms with Gasteiger partial charge in [0.1, 0.15) is 5.75 Å². The summed E-state index contributed by atoms with van der Waals surface area (Å²) in [5, 5.41) is 0. The zero-order valence-corrected chi connectivity index (χ0v) is 9.60. The normalized spacial score (nSPS) is 24.8. The largest absolute Gasteiger partial charge is 0.392 e. The van der Waals surface area contributed by atoms with Gasteiger partial charge >= 0.3 is 0 Å². The molecule has 0 aromatic rings. The smallest absolute Gasteiger partial charge is 0.220 e. The highest BCUT2D eigenvalue weighted by atomic mass is 32.2. The van der Waals surface area contributed by atoms with E-state index >= 15 is 0 Å². The Hall–Kier alpha value is -0.240. The average molecular weight is 238 g/mol. The number of hydrogen-bond donors (Lipinski definition) is 1. The summed E-state index contributed by atoms with van der Waals surface area (Å²) in [5.41, 5.74) is 5.21. The van der Waals surface area contributed by atoms with Crippen LogP contribution in [0.15, 0.2) is 0 Å². The first-order valence-electron chi connectivity index (χ1n) is 4.29. The van der Waals surface area contributed by atoms with Crippen molar-refractivity contribution in [3.05, 3.63) is 0 Å². The third-order valence-corrected chi connectivity index (χ3v) is 4.04. The molecule has 1 unspecified atom stereocenters. The third kappa shape index (κ3) is 3.16. The molecule has 0 aliphatic carbocycles.